The zero-order valence-electron chi connectivity index (χ0n) is 29.4. The molecule has 1 fully saturated rings. The van der Waals surface area contributed by atoms with Gasteiger partial charge in [-0.15, -0.1) is 0 Å². The quantitative estimate of drug-likeness (QED) is 0.0915. The Morgan fingerprint density at radius 1 is 0.846 bits per heavy atom. The van der Waals surface area contributed by atoms with Crippen molar-refractivity contribution in [1.29, 1.82) is 0 Å². The highest BCUT2D eigenvalue weighted by atomic mass is 16.5. The Morgan fingerprint density at radius 3 is 2.19 bits per heavy atom. The molecule has 1 saturated heterocycles. The highest BCUT2D eigenvalue weighted by molar-refractivity contribution is 6.25. The summed E-state index contributed by atoms with van der Waals surface area (Å²) in [5, 5.41) is 5.39. The van der Waals surface area contributed by atoms with Gasteiger partial charge in [0, 0.05) is 32.1 Å². The van der Waals surface area contributed by atoms with Gasteiger partial charge in [0.1, 0.15) is 18.4 Å². The van der Waals surface area contributed by atoms with Crippen LogP contribution < -0.4 is 15.4 Å². The van der Waals surface area contributed by atoms with Gasteiger partial charge in [0.2, 0.25) is 17.7 Å². The molecule has 0 spiro atoms. The van der Waals surface area contributed by atoms with Crippen molar-refractivity contribution in [3.63, 3.8) is 0 Å². The second kappa shape index (κ2) is 16.3. The fourth-order valence-corrected chi connectivity index (χ4v) is 6.74. The number of benzene rings is 4. The molecule has 2 heterocycles. The Morgan fingerprint density at radius 2 is 1.52 bits per heavy atom. The molecule has 1 unspecified atom stereocenters. The number of hydrogen-bond donors (Lipinski definition) is 2. The lowest BCUT2D eigenvalue weighted by atomic mass is 9.88. The molecular weight excluding hydrogens is 656 g/mol. The minimum Gasteiger partial charge on any atom is -0.492 e. The number of anilines is 1. The highest BCUT2D eigenvalue weighted by Gasteiger charge is 2.45. The van der Waals surface area contributed by atoms with Crippen molar-refractivity contribution in [2.75, 3.05) is 32.1 Å². The van der Waals surface area contributed by atoms with Gasteiger partial charge in [0.05, 0.1) is 17.7 Å². The van der Waals surface area contributed by atoms with E-state index >= 15 is 0 Å². The van der Waals surface area contributed by atoms with E-state index in [0.29, 0.717) is 31.8 Å². The second-order valence-corrected chi connectivity index (χ2v) is 12.8. The monoisotopic (exact) mass is 698 g/mol. The average molecular weight is 699 g/mol. The zero-order valence-corrected chi connectivity index (χ0v) is 29.4. The number of amides is 5. The molecule has 0 aliphatic carbocycles. The Labute approximate surface area is 303 Å². The van der Waals surface area contributed by atoms with Crippen molar-refractivity contribution in [1.82, 2.24) is 15.1 Å². The van der Waals surface area contributed by atoms with Crippen molar-refractivity contribution < 1.29 is 28.7 Å². The standard InChI is InChI=1S/C42H42N4O6/c1-3-32(28-12-6-4-7-13-28)38(29-14-8-5-9-15-29)30-19-21-31(22-20-30)52-27-26-45(2)37(48)18-11-25-43-34-17-10-16-33-39(34)42(51)46(41(33)50)35-23-24-36(47)44-40(35)49/h4-10,12-17,19-22,35,43H,3,11,18,23-27H2,1-2H3,(H,44,47,49)/b38-32-. The van der Waals surface area contributed by atoms with E-state index in [1.54, 1.807) is 30.1 Å². The smallest absolute Gasteiger partial charge is 0.264 e. The fraction of sp³-hybridized carbons (Fsp3) is 0.262. The summed E-state index contributed by atoms with van der Waals surface area (Å²) in [6, 6.07) is 32.8. The van der Waals surface area contributed by atoms with Gasteiger partial charge >= 0.3 is 0 Å². The number of carbonyl (C=O) groups excluding carboxylic acids is 5. The third kappa shape index (κ3) is 7.81. The number of likely N-dealkylation sites (N-methyl/N-ethyl adjacent to an activating group) is 1. The van der Waals surface area contributed by atoms with E-state index in [9.17, 15) is 24.0 Å². The predicted molar refractivity (Wildman–Crippen MR) is 200 cm³/mol. The van der Waals surface area contributed by atoms with E-state index < -0.39 is 29.7 Å². The molecule has 2 aliphatic rings. The van der Waals surface area contributed by atoms with Crippen LogP contribution in [0.25, 0.3) is 11.1 Å². The molecule has 0 saturated carbocycles. The predicted octanol–water partition coefficient (Wildman–Crippen LogP) is 6.19. The van der Waals surface area contributed by atoms with Gasteiger partial charge < -0.3 is 15.0 Å². The van der Waals surface area contributed by atoms with Crippen molar-refractivity contribution in [3.8, 4) is 5.75 Å². The van der Waals surface area contributed by atoms with E-state index in [1.807, 2.05) is 24.3 Å². The number of carbonyl (C=O) groups is 5. The van der Waals surface area contributed by atoms with Crippen LogP contribution in [-0.4, -0.2) is 72.1 Å². The lowest BCUT2D eigenvalue weighted by Crippen LogP contribution is -2.54. The van der Waals surface area contributed by atoms with Gasteiger partial charge in [0.15, 0.2) is 0 Å². The number of nitrogens with one attached hydrogen (secondary N) is 2. The molecule has 0 aromatic heterocycles. The minimum absolute atomic E-state index is 0.0417. The Balaban J connectivity index is 0.994. The molecule has 4 aromatic rings. The summed E-state index contributed by atoms with van der Waals surface area (Å²) in [4.78, 5) is 65.8. The number of fused-ring (bicyclic) bond motifs is 1. The van der Waals surface area contributed by atoms with Crippen LogP contribution >= 0.6 is 0 Å². The van der Waals surface area contributed by atoms with Crippen molar-refractivity contribution >= 4 is 46.4 Å². The molecule has 266 valence electrons. The second-order valence-electron chi connectivity index (χ2n) is 12.8. The van der Waals surface area contributed by atoms with Crippen molar-refractivity contribution in [2.24, 2.45) is 0 Å². The first-order valence-corrected chi connectivity index (χ1v) is 17.7. The van der Waals surface area contributed by atoms with Crippen LogP contribution in [0.3, 0.4) is 0 Å². The van der Waals surface area contributed by atoms with Crippen molar-refractivity contribution in [3.05, 3.63) is 131 Å². The molecule has 52 heavy (non-hydrogen) atoms. The lowest BCUT2D eigenvalue weighted by Gasteiger charge is -2.27. The van der Waals surface area contributed by atoms with E-state index in [2.05, 4.69) is 78.2 Å². The molecule has 5 amide bonds. The lowest BCUT2D eigenvalue weighted by molar-refractivity contribution is -0.136. The molecule has 6 rings (SSSR count). The molecule has 4 aromatic carbocycles. The van der Waals surface area contributed by atoms with Gasteiger partial charge in [-0.05, 0) is 71.4 Å². The SMILES string of the molecule is CC/C(=C(\c1ccccc1)c1ccc(OCCN(C)C(=O)CCCNc2cccc3c2C(=O)N(C2CCC(=O)NC2=O)C3=O)cc1)c1ccccc1. The third-order valence-electron chi connectivity index (χ3n) is 9.46. The minimum atomic E-state index is -1.03. The fourth-order valence-electron chi connectivity index (χ4n) is 6.74. The van der Waals surface area contributed by atoms with Crippen molar-refractivity contribution in [2.45, 2.75) is 45.1 Å². The summed E-state index contributed by atoms with van der Waals surface area (Å²) in [5.41, 5.74) is 6.76. The van der Waals surface area contributed by atoms with Crippen LogP contribution in [0.1, 0.15) is 76.4 Å². The van der Waals surface area contributed by atoms with Crippen LogP contribution in [0.5, 0.6) is 5.75 Å². The number of rotatable bonds is 14. The molecular formula is C42H42N4O6. The summed E-state index contributed by atoms with van der Waals surface area (Å²) in [5.74, 6) is -1.53. The maximum absolute atomic E-state index is 13.3. The average Bonchev–Trinajstić information content (AvgIpc) is 3.42. The van der Waals surface area contributed by atoms with Gasteiger partial charge in [-0.3, -0.25) is 34.2 Å². The summed E-state index contributed by atoms with van der Waals surface area (Å²) >= 11 is 0. The summed E-state index contributed by atoms with van der Waals surface area (Å²) in [6.45, 7) is 3.32. The van der Waals surface area contributed by atoms with E-state index in [1.165, 1.54) is 16.7 Å². The molecule has 2 aliphatic heterocycles. The maximum Gasteiger partial charge on any atom is 0.264 e. The molecule has 0 radical (unpaired) electrons. The van der Waals surface area contributed by atoms with Gasteiger partial charge in [0.25, 0.3) is 11.8 Å². The van der Waals surface area contributed by atoms with Gasteiger partial charge in [-0.25, -0.2) is 0 Å². The van der Waals surface area contributed by atoms with Crippen LogP contribution in [-0.2, 0) is 14.4 Å². The molecule has 0 bridgehead atoms. The molecule has 10 heteroatoms. The van der Waals surface area contributed by atoms with E-state index in [0.717, 1.165) is 28.2 Å². The normalized spacial score (nSPS) is 15.9. The van der Waals surface area contributed by atoms with Crippen LogP contribution in [0.15, 0.2) is 103 Å². The largest absolute Gasteiger partial charge is 0.492 e. The van der Waals surface area contributed by atoms with Gasteiger partial charge in [-0.2, -0.15) is 0 Å². The maximum atomic E-state index is 13.3. The number of piperidine rings is 1. The van der Waals surface area contributed by atoms with Crippen LogP contribution in [0.2, 0.25) is 0 Å². The number of hydrogen-bond acceptors (Lipinski definition) is 7. The van der Waals surface area contributed by atoms with E-state index in [-0.39, 0.29) is 36.3 Å². The first-order valence-electron chi connectivity index (χ1n) is 17.7. The number of nitrogens with zero attached hydrogens (tertiary/aromatic N) is 2. The molecule has 2 N–H and O–H groups in total. The topological polar surface area (TPSA) is 125 Å². The Kier molecular flexibility index (Phi) is 11.2. The van der Waals surface area contributed by atoms with Crippen LogP contribution in [0, 0.1) is 0 Å². The number of allylic oxidation sites excluding steroid dienone is 1. The molecule has 10 nitrogen and oxygen atoms in total. The number of ether oxygens (including phenoxy) is 1. The number of imide groups is 2. The first-order chi connectivity index (χ1) is 25.3. The first kappa shape index (κ1) is 35.8. The summed E-state index contributed by atoms with van der Waals surface area (Å²) in [7, 11) is 1.74. The third-order valence-corrected chi connectivity index (χ3v) is 9.46. The Bertz CT molecular complexity index is 1990. The molecule has 1 atom stereocenters. The summed E-state index contributed by atoms with van der Waals surface area (Å²) < 4.78 is 6.02. The van der Waals surface area contributed by atoms with Crippen LogP contribution in [0.4, 0.5) is 5.69 Å². The zero-order chi connectivity index (χ0) is 36.6. The summed E-state index contributed by atoms with van der Waals surface area (Å²) in [6.07, 6.45) is 1.79. The Hall–Kier alpha value is -6.03. The van der Waals surface area contributed by atoms with E-state index in [4.69, 9.17) is 4.74 Å². The van der Waals surface area contributed by atoms with Gasteiger partial charge in [-0.1, -0.05) is 85.8 Å². The highest BCUT2D eigenvalue weighted by Crippen LogP contribution is 2.35.